The Morgan fingerprint density at radius 3 is 2.82 bits per heavy atom. The van der Waals surface area contributed by atoms with Gasteiger partial charge in [0.05, 0.1) is 18.8 Å². The number of hydrogen-bond acceptors (Lipinski definition) is 4. The molecule has 0 saturated carbocycles. The van der Waals surface area contributed by atoms with Crippen molar-refractivity contribution in [3.63, 3.8) is 0 Å². The fourth-order valence-corrected chi connectivity index (χ4v) is 2.88. The van der Waals surface area contributed by atoms with Gasteiger partial charge in [-0.05, 0) is 12.6 Å². The first-order chi connectivity index (χ1) is 10.7. The summed E-state index contributed by atoms with van der Waals surface area (Å²) in [6.07, 6.45) is 3.87. The molecule has 1 aromatic carbocycles. The molecule has 0 unspecified atom stereocenters. The Hall–Kier alpha value is -2.21. The van der Waals surface area contributed by atoms with E-state index in [1.165, 1.54) is 5.56 Å². The van der Waals surface area contributed by atoms with Crippen LogP contribution in [0.4, 0.5) is 0 Å². The van der Waals surface area contributed by atoms with Gasteiger partial charge in [0.15, 0.2) is 0 Å². The molecule has 0 radical (unpaired) electrons. The summed E-state index contributed by atoms with van der Waals surface area (Å²) >= 11 is 0. The van der Waals surface area contributed by atoms with Crippen LogP contribution in [0.5, 0.6) is 0 Å². The lowest BCUT2D eigenvalue weighted by atomic mass is 10.0. The van der Waals surface area contributed by atoms with Gasteiger partial charge in [-0.1, -0.05) is 35.5 Å². The number of carbonyl (C=O) groups excluding carboxylic acids is 1. The van der Waals surface area contributed by atoms with Gasteiger partial charge in [0, 0.05) is 32.3 Å². The van der Waals surface area contributed by atoms with Crippen molar-refractivity contribution >= 4 is 5.91 Å². The maximum atomic E-state index is 12.6. The molecular formula is C16H21N5O. The fraction of sp³-hybridized carbons (Fsp3) is 0.438. The van der Waals surface area contributed by atoms with E-state index in [-0.39, 0.29) is 11.9 Å². The number of aryl methyl sites for hydroxylation is 1. The van der Waals surface area contributed by atoms with Crippen molar-refractivity contribution in [2.75, 3.05) is 26.7 Å². The molecule has 1 aliphatic rings. The standard InChI is InChI=1S/C16H21N5O/c1-19-11-12-21(15(13-19)14-5-3-2-4-6-14)16(22)7-9-20-10-8-17-18-20/h2-6,8,10,15H,7,9,11-13H2,1H3/t15-/m0/s1. The third-order valence-electron chi connectivity index (χ3n) is 4.11. The van der Waals surface area contributed by atoms with Gasteiger partial charge in [-0.3, -0.25) is 9.48 Å². The zero-order valence-corrected chi connectivity index (χ0v) is 12.8. The average molecular weight is 299 g/mol. The van der Waals surface area contributed by atoms with Crippen LogP contribution in [-0.4, -0.2) is 57.4 Å². The molecule has 1 aliphatic heterocycles. The molecule has 1 fully saturated rings. The lowest BCUT2D eigenvalue weighted by Gasteiger charge is -2.40. The maximum absolute atomic E-state index is 12.6. The zero-order chi connectivity index (χ0) is 15.4. The Bertz CT molecular complexity index is 598. The zero-order valence-electron chi connectivity index (χ0n) is 12.8. The SMILES string of the molecule is CN1CCN(C(=O)CCn2ccnn2)[C@H](c2ccccc2)C1. The Morgan fingerprint density at radius 1 is 1.27 bits per heavy atom. The number of rotatable bonds is 4. The molecule has 1 aromatic heterocycles. The minimum Gasteiger partial charge on any atom is -0.333 e. The van der Waals surface area contributed by atoms with E-state index in [1.54, 1.807) is 17.1 Å². The molecule has 6 nitrogen and oxygen atoms in total. The van der Waals surface area contributed by atoms with Crippen LogP contribution in [0.25, 0.3) is 0 Å². The molecule has 1 amide bonds. The van der Waals surface area contributed by atoms with E-state index in [1.807, 2.05) is 23.1 Å². The molecule has 3 rings (SSSR count). The van der Waals surface area contributed by atoms with Crippen molar-refractivity contribution < 1.29 is 4.79 Å². The highest BCUT2D eigenvalue weighted by atomic mass is 16.2. The highest BCUT2D eigenvalue weighted by molar-refractivity contribution is 5.76. The summed E-state index contributed by atoms with van der Waals surface area (Å²) in [5.74, 6) is 0.178. The van der Waals surface area contributed by atoms with E-state index in [0.29, 0.717) is 13.0 Å². The van der Waals surface area contributed by atoms with Crippen LogP contribution >= 0.6 is 0 Å². The van der Waals surface area contributed by atoms with Gasteiger partial charge in [-0.15, -0.1) is 5.10 Å². The van der Waals surface area contributed by atoms with Crippen molar-refractivity contribution in [1.82, 2.24) is 24.8 Å². The molecule has 0 spiro atoms. The maximum Gasteiger partial charge on any atom is 0.225 e. The largest absolute Gasteiger partial charge is 0.333 e. The van der Waals surface area contributed by atoms with E-state index in [2.05, 4.69) is 34.4 Å². The van der Waals surface area contributed by atoms with Crippen LogP contribution in [0, 0.1) is 0 Å². The molecule has 1 atom stereocenters. The van der Waals surface area contributed by atoms with E-state index >= 15 is 0 Å². The second-order valence-corrected chi connectivity index (χ2v) is 5.69. The van der Waals surface area contributed by atoms with Crippen LogP contribution < -0.4 is 0 Å². The van der Waals surface area contributed by atoms with Gasteiger partial charge in [-0.25, -0.2) is 0 Å². The summed E-state index contributed by atoms with van der Waals surface area (Å²) in [7, 11) is 2.10. The van der Waals surface area contributed by atoms with Crippen LogP contribution in [0.3, 0.4) is 0 Å². The summed E-state index contributed by atoms with van der Waals surface area (Å²) in [4.78, 5) is 16.9. The van der Waals surface area contributed by atoms with Crippen molar-refractivity contribution in [3.8, 4) is 0 Å². The molecule has 116 valence electrons. The number of benzene rings is 1. The average Bonchev–Trinajstić information content (AvgIpc) is 3.07. The van der Waals surface area contributed by atoms with E-state index in [4.69, 9.17) is 0 Å². The Labute approximate surface area is 130 Å². The summed E-state index contributed by atoms with van der Waals surface area (Å²) in [6.45, 7) is 3.14. The van der Waals surface area contributed by atoms with Crippen LogP contribution in [0.1, 0.15) is 18.0 Å². The summed E-state index contributed by atoms with van der Waals surface area (Å²) < 4.78 is 1.70. The first-order valence-electron chi connectivity index (χ1n) is 7.61. The normalized spacial score (nSPS) is 19.3. The van der Waals surface area contributed by atoms with Crippen molar-refractivity contribution in [1.29, 1.82) is 0 Å². The Balaban J connectivity index is 1.70. The monoisotopic (exact) mass is 299 g/mol. The highest BCUT2D eigenvalue weighted by Gasteiger charge is 2.29. The number of carbonyl (C=O) groups is 1. The predicted molar refractivity (Wildman–Crippen MR) is 83.0 cm³/mol. The topological polar surface area (TPSA) is 54.3 Å². The third-order valence-corrected chi connectivity index (χ3v) is 4.11. The van der Waals surface area contributed by atoms with Gasteiger partial charge >= 0.3 is 0 Å². The minimum absolute atomic E-state index is 0.128. The number of piperazine rings is 1. The quantitative estimate of drug-likeness (QED) is 0.851. The van der Waals surface area contributed by atoms with Gasteiger partial charge < -0.3 is 9.80 Å². The number of likely N-dealkylation sites (N-methyl/N-ethyl adjacent to an activating group) is 1. The predicted octanol–water partition coefficient (Wildman–Crippen LogP) is 1.18. The molecule has 0 N–H and O–H groups in total. The number of nitrogens with zero attached hydrogens (tertiary/aromatic N) is 5. The molecule has 22 heavy (non-hydrogen) atoms. The van der Waals surface area contributed by atoms with E-state index in [0.717, 1.165) is 19.6 Å². The van der Waals surface area contributed by atoms with Crippen molar-refractivity contribution in [2.45, 2.75) is 19.0 Å². The smallest absolute Gasteiger partial charge is 0.225 e. The lowest BCUT2D eigenvalue weighted by molar-refractivity contribution is -0.136. The number of amides is 1. The van der Waals surface area contributed by atoms with Gasteiger partial charge in [0.25, 0.3) is 0 Å². The molecule has 1 saturated heterocycles. The number of hydrogen-bond donors (Lipinski definition) is 0. The second-order valence-electron chi connectivity index (χ2n) is 5.69. The van der Waals surface area contributed by atoms with Crippen molar-refractivity contribution in [3.05, 3.63) is 48.3 Å². The van der Waals surface area contributed by atoms with Crippen LogP contribution in [0.2, 0.25) is 0 Å². The minimum atomic E-state index is 0.128. The summed E-state index contributed by atoms with van der Waals surface area (Å²) in [5.41, 5.74) is 1.20. The van der Waals surface area contributed by atoms with Gasteiger partial charge in [-0.2, -0.15) is 0 Å². The summed E-state index contributed by atoms with van der Waals surface area (Å²) in [6, 6.07) is 10.4. The van der Waals surface area contributed by atoms with Gasteiger partial charge in [0.1, 0.15) is 0 Å². The Morgan fingerprint density at radius 2 is 2.09 bits per heavy atom. The number of aromatic nitrogens is 3. The van der Waals surface area contributed by atoms with E-state index in [9.17, 15) is 4.79 Å². The molecule has 2 heterocycles. The highest BCUT2D eigenvalue weighted by Crippen LogP contribution is 2.25. The second kappa shape index (κ2) is 6.70. The lowest BCUT2D eigenvalue weighted by Crippen LogP contribution is -2.49. The third kappa shape index (κ3) is 3.33. The van der Waals surface area contributed by atoms with E-state index < -0.39 is 0 Å². The van der Waals surface area contributed by atoms with Crippen LogP contribution in [0.15, 0.2) is 42.7 Å². The first kappa shape index (κ1) is 14.7. The molecular weight excluding hydrogens is 278 g/mol. The first-order valence-corrected chi connectivity index (χ1v) is 7.61. The molecule has 6 heteroatoms. The van der Waals surface area contributed by atoms with Gasteiger partial charge in [0.2, 0.25) is 5.91 Å². The van der Waals surface area contributed by atoms with Crippen LogP contribution in [-0.2, 0) is 11.3 Å². The van der Waals surface area contributed by atoms with Crippen molar-refractivity contribution in [2.24, 2.45) is 0 Å². The molecule has 2 aromatic rings. The Kier molecular flexibility index (Phi) is 4.48. The summed E-state index contributed by atoms with van der Waals surface area (Å²) in [5, 5.41) is 7.68. The molecule has 0 bridgehead atoms. The fourth-order valence-electron chi connectivity index (χ4n) is 2.88. The molecule has 0 aliphatic carbocycles.